The van der Waals surface area contributed by atoms with Crippen LogP contribution in [-0.2, 0) is 11.3 Å². The molecule has 2 amide bonds. The smallest absolute Gasteiger partial charge is 0.323 e. The van der Waals surface area contributed by atoms with E-state index in [0.717, 1.165) is 10.7 Å². The summed E-state index contributed by atoms with van der Waals surface area (Å²) in [6, 6.07) is -0.559. The Bertz CT molecular complexity index is 431. The van der Waals surface area contributed by atoms with Crippen LogP contribution in [0.3, 0.4) is 0 Å². The van der Waals surface area contributed by atoms with Crippen molar-refractivity contribution in [1.82, 2.24) is 15.2 Å². The molecule has 0 aliphatic rings. The molecule has 6 nitrogen and oxygen atoms in total. The lowest BCUT2D eigenvalue weighted by molar-refractivity contribution is -0.138. The average Bonchev–Trinajstić information content (AvgIpc) is 2.68. The van der Waals surface area contributed by atoms with Gasteiger partial charge in [-0.1, -0.05) is 0 Å². The van der Waals surface area contributed by atoms with Gasteiger partial charge in [-0.3, -0.25) is 4.79 Å². The van der Waals surface area contributed by atoms with Gasteiger partial charge in [-0.05, 0) is 20.8 Å². The van der Waals surface area contributed by atoms with Gasteiger partial charge in [-0.25, -0.2) is 9.78 Å². The molecule has 1 aromatic rings. The van der Waals surface area contributed by atoms with Gasteiger partial charge in [-0.2, -0.15) is 0 Å². The molecule has 0 spiro atoms. The lowest BCUT2D eigenvalue weighted by atomic mass is 10.3. The highest BCUT2D eigenvalue weighted by Crippen LogP contribution is 2.07. The maximum absolute atomic E-state index is 11.8. The van der Waals surface area contributed by atoms with Crippen LogP contribution in [0.25, 0.3) is 0 Å². The molecule has 0 bridgehead atoms. The van der Waals surface area contributed by atoms with E-state index in [2.05, 4.69) is 10.3 Å². The van der Waals surface area contributed by atoms with Gasteiger partial charge in [0.2, 0.25) is 0 Å². The molecule has 2 N–H and O–H groups in total. The summed E-state index contributed by atoms with van der Waals surface area (Å²) in [6.45, 7) is 5.44. The number of hydrogen-bond donors (Lipinski definition) is 2. The number of aromatic nitrogens is 1. The highest BCUT2D eigenvalue weighted by molar-refractivity contribution is 7.09. The number of hydrogen-bond acceptors (Lipinski definition) is 4. The molecule has 1 rings (SSSR count). The topological polar surface area (TPSA) is 82.5 Å². The van der Waals surface area contributed by atoms with Crippen molar-refractivity contribution in [2.24, 2.45) is 0 Å². The summed E-state index contributed by atoms with van der Waals surface area (Å²) in [4.78, 5) is 28.0. The van der Waals surface area contributed by atoms with Gasteiger partial charge in [0, 0.05) is 11.4 Å². The first-order chi connectivity index (χ1) is 8.40. The number of urea groups is 1. The molecule has 0 unspecified atom stereocenters. The van der Waals surface area contributed by atoms with E-state index >= 15 is 0 Å². The Morgan fingerprint density at radius 1 is 1.56 bits per heavy atom. The minimum atomic E-state index is -1.02. The monoisotopic (exact) mass is 271 g/mol. The third-order valence-electron chi connectivity index (χ3n) is 2.28. The number of nitrogens with one attached hydrogen (secondary N) is 1. The number of nitrogens with zero attached hydrogens (tertiary/aromatic N) is 2. The zero-order chi connectivity index (χ0) is 13.7. The molecule has 1 aromatic heterocycles. The van der Waals surface area contributed by atoms with Gasteiger partial charge in [0.25, 0.3) is 0 Å². The van der Waals surface area contributed by atoms with Crippen LogP contribution in [0.15, 0.2) is 5.38 Å². The van der Waals surface area contributed by atoms with Crippen LogP contribution in [-0.4, -0.2) is 39.6 Å². The van der Waals surface area contributed by atoms with Crippen LogP contribution in [0, 0.1) is 6.92 Å². The van der Waals surface area contributed by atoms with Crippen molar-refractivity contribution in [2.45, 2.75) is 33.4 Å². The first kappa shape index (κ1) is 14.4. The molecule has 1 heterocycles. The molecule has 0 atom stereocenters. The van der Waals surface area contributed by atoms with Gasteiger partial charge < -0.3 is 15.3 Å². The molecule has 0 fully saturated rings. The van der Waals surface area contributed by atoms with Crippen molar-refractivity contribution in [3.63, 3.8) is 0 Å². The van der Waals surface area contributed by atoms with Crippen molar-refractivity contribution < 1.29 is 14.7 Å². The van der Waals surface area contributed by atoms with Crippen LogP contribution < -0.4 is 5.32 Å². The van der Waals surface area contributed by atoms with Crippen molar-refractivity contribution in [3.8, 4) is 0 Å². The molecule has 7 heteroatoms. The molecule has 0 saturated heterocycles. The van der Waals surface area contributed by atoms with E-state index in [1.165, 1.54) is 16.2 Å². The Morgan fingerprint density at radius 3 is 2.67 bits per heavy atom. The maximum atomic E-state index is 11.8. The van der Waals surface area contributed by atoms with E-state index in [1.807, 2.05) is 12.3 Å². The number of carbonyl (C=O) groups excluding carboxylic acids is 1. The Labute approximate surface area is 110 Å². The lowest BCUT2D eigenvalue weighted by Gasteiger charge is -2.24. The fourth-order valence-corrected chi connectivity index (χ4v) is 2.00. The van der Waals surface area contributed by atoms with E-state index in [0.29, 0.717) is 6.54 Å². The van der Waals surface area contributed by atoms with Crippen molar-refractivity contribution in [3.05, 3.63) is 16.1 Å². The predicted octanol–water partition coefficient (Wildman–Crippen LogP) is 1.46. The summed E-state index contributed by atoms with van der Waals surface area (Å²) in [5, 5.41) is 14.2. The number of carboxylic acid groups (broad SMARTS) is 1. The minimum Gasteiger partial charge on any atom is -0.480 e. The van der Waals surface area contributed by atoms with Crippen LogP contribution in [0.4, 0.5) is 4.79 Å². The normalized spacial score (nSPS) is 10.4. The minimum absolute atomic E-state index is 0.168. The molecule has 100 valence electrons. The summed E-state index contributed by atoms with van der Waals surface area (Å²) >= 11 is 1.51. The lowest BCUT2D eigenvalue weighted by Crippen LogP contribution is -2.46. The van der Waals surface area contributed by atoms with Crippen LogP contribution in [0.1, 0.15) is 24.5 Å². The Hall–Kier alpha value is -1.63. The van der Waals surface area contributed by atoms with Crippen molar-refractivity contribution in [2.75, 3.05) is 6.54 Å². The molecule has 0 aromatic carbocycles. The van der Waals surface area contributed by atoms with Crippen molar-refractivity contribution >= 4 is 23.3 Å². The van der Waals surface area contributed by atoms with E-state index < -0.39 is 12.0 Å². The molecular weight excluding hydrogens is 254 g/mol. The first-order valence-electron chi connectivity index (χ1n) is 5.57. The number of amides is 2. The summed E-state index contributed by atoms with van der Waals surface area (Å²) in [6.07, 6.45) is 0. The van der Waals surface area contributed by atoms with E-state index in [-0.39, 0.29) is 12.6 Å². The third kappa shape index (κ3) is 4.33. The number of thiazole rings is 1. The second-order valence-electron chi connectivity index (χ2n) is 4.13. The van der Waals surface area contributed by atoms with Crippen LogP contribution in [0.2, 0.25) is 0 Å². The second kappa shape index (κ2) is 6.34. The number of aryl methyl sites for hydroxylation is 1. The van der Waals surface area contributed by atoms with Gasteiger partial charge in [0.15, 0.2) is 0 Å². The largest absolute Gasteiger partial charge is 0.480 e. The fourth-order valence-electron chi connectivity index (χ4n) is 1.39. The predicted molar refractivity (Wildman–Crippen MR) is 68.6 cm³/mol. The van der Waals surface area contributed by atoms with Gasteiger partial charge in [-0.15, -0.1) is 11.3 Å². The SMILES string of the molecule is Cc1nc(CNC(=O)N(CC(=O)O)C(C)C)cs1. The van der Waals surface area contributed by atoms with Gasteiger partial charge in [0.05, 0.1) is 17.2 Å². The highest BCUT2D eigenvalue weighted by Gasteiger charge is 2.19. The summed E-state index contributed by atoms with van der Waals surface area (Å²) < 4.78 is 0. The molecule has 0 aliphatic heterocycles. The number of aliphatic carboxylic acids is 1. The zero-order valence-corrected chi connectivity index (χ0v) is 11.5. The Balaban J connectivity index is 2.53. The first-order valence-corrected chi connectivity index (χ1v) is 6.45. The van der Waals surface area contributed by atoms with E-state index in [1.54, 1.807) is 13.8 Å². The molecule has 0 radical (unpaired) electrons. The number of rotatable bonds is 5. The molecular formula is C11H17N3O3S. The molecule has 0 aliphatic carbocycles. The molecule has 18 heavy (non-hydrogen) atoms. The zero-order valence-electron chi connectivity index (χ0n) is 10.6. The Morgan fingerprint density at radius 2 is 2.22 bits per heavy atom. The van der Waals surface area contributed by atoms with E-state index in [9.17, 15) is 9.59 Å². The standard InChI is InChI=1S/C11H17N3O3S/c1-7(2)14(5-10(15)16)11(17)12-4-9-6-18-8(3)13-9/h6-7H,4-5H2,1-3H3,(H,12,17)(H,15,16). The Kier molecular flexibility index (Phi) is 5.08. The number of carboxylic acids is 1. The van der Waals surface area contributed by atoms with Gasteiger partial charge in [0.1, 0.15) is 6.54 Å². The summed E-state index contributed by atoms with van der Waals surface area (Å²) in [5.41, 5.74) is 0.782. The summed E-state index contributed by atoms with van der Waals surface area (Å²) in [7, 11) is 0. The van der Waals surface area contributed by atoms with Crippen LogP contribution in [0.5, 0.6) is 0 Å². The fraction of sp³-hybridized carbons (Fsp3) is 0.545. The molecule has 0 saturated carbocycles. The quantitative estimate of drug-likeness (QED) is 0.849. The van der Waals surface area contributed by atoms with Crippen molar-refractivity contribution in [1.29, 1.82) is 0 Å². The van der Waals surface area contributed by atoms with Crippen LogP contribution >= 0.6 is 11.3 Å². The number of carbonyl (C=O) groups is 2. The van der Waals surface area contributed by atoms with Gasteiger partial charge >= 0.3 is 12.0 Å². The highest BCUT2D eigenvalue weighted by atomic mass is 32.1. The summed E-state index contributed by atoms with van der Waals surface area (Å²) in [5.74, 6) is -1.02. The second-order valence-corrected chi connectivity index (χ2v) is 5.19. The maximum Gasteiger partial charge on any atom is 0.323 e. The third-order valence-corrected chi connectivity index (χ3v) is 3.10. The van der Waals surface area contributed by atoms with E-state index in [4.69, 9.17) is 5.11 Å². The average molecular weight is 271 g/mol.